The van der Waals surface area contributed by atoms with Crippen LogP contribution in [0.5, 0.6) is 0 Å². The molecule has 180 valence electrons. The van der Waals surface area contributed by atoms with Crippen LogP contribution in [0.3, 0.4) is 0 Å². The number of anilines is 1. The second-order valence-electron chi connectivity index (χ2n) is 7.77. The fourth-order valence-electron chi connectivity index (χ4n) is 3.59. The minimum absolute atomic E-state index is 0.0384. The Bertz CT molecular complexity index is 1310. The molecule has 0 radical (unpaired) electrons. The van der Waals surface area contributed by atoms with Gasteiger partial charge in [-0.3, -0.25) is 4.68 Å². The van der Waals surface area contributed by atoms with Gasteiger partial charge in [-0.05, 0) is 47.5 Å². The van der Waals surface area contributed by atoms with Gasteiger partial charge in [0.15, 0.2) is 5.65 Å². The number of fused-ring (bicyclic) bond motifs is 1. The number of nitrogens with zero attached hydrogens (tertiary/aromatic N) is 8. The first-order chi connectivity index (χ1) is 15.8. The van der Waals surface area contributed by atoms with Crippen molar-refractivity contribution in [1.29, 1.82) is 0 Å². The first-order valence-corrected chi connectivity index (χ1v) is 9.87. The number of alkyl halides is 6. The fraction of sp³-hybridized carbons (Fsp3) is 0.350. The second-order valence-corrected chi connectivity index (χ2v) is 7.77. The molecular formula is C20H18F6N8. The van der Waals surface area contributed by atoms with Crippen molar-refractivity contribution in [3.63, 3.8) is 0 Å². The minimum atomic E-state index is -4.95. The lowest BCUT2D eigenvalue weighted by atomic mass is 10.0. The van der Waals surface area contributed by atoms with E-state index >= 15 is 0 Å². The highest BCUT2D eigenvalue weighted by atomic mass is 19.4. The standard InChI is InChI=1S/C20H18F6N8/c1-11-16-6-13(8-27-17(16)32(2)29-11)10-34(18-28-31-33(3)30-18)9-12-4-14(19(21,22)23)7-15(5-12)20(24,25)26/h4-8H,9-10H2,1-3H3. The van der Waals surface area contributed by atoms with Crippen molar-refractivity contribution in [2.24, 2.45) is 14.1 Å². The van der Waals surface area contributed by atoms with E-state index in [9.17, 15) is 26.3 Å². The molecule has 0 aliphatic heterocycles. The fourth-order valence-corrected chi connectivity index (χ4v) is 3.59. The predicted molar refractivity (Wildman–Crippen MR) is 108 cm³/mol. The highest BCUT2D eigenvalue weighted by Crippen LogP contribution is 2.36. The molecular weight excluding hydrogens is 466 g/mol. The van der Waals surface area contributed by atoms with Crippen molar-refractivity contribution in [3.05, 3.63) is 58.4 Å². The van der Waals surface area contributed by atoms with E-state index in [1.807, 2.05) is 0 Å². The lowest BCUT2D eigenvalue weighted by Gasteiger charge is -2.22. The largest absolute Gasteiger partial charge is 0.416 e. The van der Waals surface area contributed by atoms with E-state index < -0.39 is 23.5 Å². The predicted octanol–water partition coefficient (Wildman–Crippen LogP) is 4.04. The zero-order valence-electron chi connectivity index (χ0n) is 18.1. The topological polar surface area (TPSA) is 77.5 Å². The van der Waals surface area contributed by atoms with Crippen molar-refractivity contribution in [2.75, 3.05) is 4.90 Å². The lowest BCUT2D eigenvalue weighted by molar-refractivity contribution is -0.143. The molecule has 0 unspecified atom stereocenters. The zero-order chi connectivity index (χ0) is 24.8. The van der Waals surface area contributed by atoms with E-state index in [-0.39, 0.29) is 30.7 Å². The van der Waals surface area contributed by atoms with Crippen LogP contribution in [0, 0.1) is 6.92 Å². The first kappa shape index (κ1) is 23.4. The highest BCUT2D eigenvalue weighted by molar-refractivity contribution is 5.78. The molecule has 0 amide bonds. The Kier molecular flexibility index (Phi) is 5.69. The van der Waals surface area contributed by atoms with Crippen LogP contribution in [0.15, 0.2) is 30.5 Å². The van der Waals surface area contributed by atoms with Crippen LogP contribution in [-0.4, -0.2) is 35.0 Å². The number of hydrogen-bond acceptors (Lipinski definition) is 6. The Morgan fingerprint density at radius 2 is 1.47 bits per heavy atom. The van der Waals surface area contributed by atoms with Crippen LogP contribution in [0.4, 0.5) is 32.3 Å². The molecule has 0 aliphatic carbocycles. The summed E-state index contributed by atoms with van der Waals surface area (Å²) in [5.41, 5.74) is -0.987. The van der Waals surface area contributed by atoms with E-state index in [4.69, 9.17) is 0 Å². The van der Waals surface area contributed by atoms with Gasteiger partial charge in [0.05, 0.1) is 23.9 Å². The molecule has 0 atom stereocenters. The molecule has 4 rings (SSSR count). The molecule has 0 saturated heterocycles. The van der Waals surface area contributed by atoms with Gasteiger partial charge in [0, 0.05) is 31.7 Å². The third-order valence-electron chi connectivity index (χ3n) is 5.09. The van der Waals surface area contributed by atoms with Crippen LogP contribution in [0.25, 0.3) is 11.0 Å². The molecule has 0 saturated carbocycles. The maximum Gasteiger partial charge on any atom is 0.416 e. The molecule has 3 heterocycles. The summed E-state index contributed by atoms with van der Waals surface area (Å²) in [7, 11) is 3.23. The Morgan fingerprint density at radius 1 is 0.853 bits per heavy atom. The van der Waals surface area contributed by atoms with Crippen molar-refractivity contribution in [2.45, 2.75) is 32.4 Å². The summed E-state index contributed by atoms with van der Waals surface area (Å²) in [5.74, 6) is 0.0384. The van der Waals surface area contributed by atoms with Crippen LogP contribution >= 0.6 is 0 Å². The van der Waals surface area contributed by atoms with Gasteiger partial charge in [0.2, 0.25) is 0 Å². The van der Waals surface area contributed by atoms with Crippen LogP contribution in [0.2, 0.25) is 0 Å². The number of halogens is 6. The van der Waals surface area contributed by atoms with E-state index in [2.05, 4.69) is 25.5 Å². The van der Waals surface area contributed by atoms with Crippen LogP contribution in [0.1, 0.15) is 27.9 Å². The summed E-state index contributed by atoms with van der Waals surface area (Å²) in [4.78, 5) is 6.94. The molecule has 0 N–H and O–H groups in total. The van der Waals surface area contributed by atoms with Gasteiger partial charge in [-0.1, -0.05) is 5.10 Å². The highest BCUT2D eigenvalue weighted by Gasteiger charge is 2.37. The van der Waals surface area contributed by atoms with Crippen molar-refractivity contribution >= 4 is 17.0 Å². The average molecular weight is 484 g/mol. The molecule has 34 heavy (non-hydrogen) atoms. The quantitative estimate of drug-likeness (QED) is 0.398. The number of pyridine rings is 1. The Hall–Kier alpha value is -3.71. The van der Waals surface area contributed by atoms with E-state index in [0.717, 1.165) is 15.9 Å². The molecule has 14 heteroatoms. The third kappa shape index (κ3) is 4.79. The minimum Gasteiger partial charge on any atom is -0.329 e. The van der Waals surface area contributed by atoms with E-state index in [1.165, 1.54) is 11.9 Å². The summed E-state index contributed by atoms with van der Waals surface area (Å²) in [6.07, 6.45) is -8.34. The Labute approximate surface area is 188 Å². The Balaban J connectivity index is 1.74. The monoisotopic (exact) mass is 484 g/mol. The maximum absolute atomic E-state index is 13.3. The van der Waals surface area contributed by atoms with Gasteiger partial charge in [-0.15, -0.1) is 5.10 Å². The number of aryl methyl sites for hydroxylation is 3. The van der Waals surface area contributed by atoms with Gasteiger partial charge in [0.1, 0.15) is 0 Å². The normalized spacial score (nSPS) is 12.5. The summed E-state index contributed by atoms with van der Waals surface area (Å²) in [6, 6.07) is 3.27. The average Bonchev–Trinajstić information content (AvgIpc) is 3.29. The number of rotatable bonds is 5. The zero-order valence-corrected chi connectivity index (χ0v) is 18.1. The Morgan fingerprint density at radius 3 is 2.03 bits per heavy atom. The summed E-state index contributed by atoms with van der Waals surface area (Å²) in [5, 5.41) is 16.7. The van der Waals surface area contributed by atoms with Gasteiger partial charge in [-0.25, -0.2) is 4.98 Å². The van der Waals surface area contributed by atoms with E-state index in [0.29, 0.717) is 23.3 Å². The number of tetrazole rings is 1. The molecule has 0 spiro atoms. The lowest BCUT2D eigenvalue weighted by Crippen LogP contribution is -2.24. The van der Waals surface area contributed by atoms with Crippen molar-refractivity contribution < 1.29 is 26.3 Å². The molecule has 0 aliphatic rings. The maximum atomic E-state index is 13.3. The smallest absolute Gasteiger partial charge is 0.329 e. The summed E-state index contributed by atoms with van der Waals surface area (Å²) in [6.45, 7) is 1.53. The van der Waals surface area contributed by atoms with Gasteiger partial charge >= 0.3 is 12.4 Å². The molecule has 8 nitrogen and oxygen atoms in total. The molecule has 0 bridgehead atoms. The van der Waals surface area contributed by atoms with Gasteiger partial charge in [-0.2, -0.15) is 36.2 Å². The SMILES string of the molecule is Cc1nn(C)c2ncc(CN(Cc3cc(C(F)(F)F)cc(C(F)(F)F)c3)c3nnn(C)n3)cc12. The number of benzene rings is 1. The molecule has 1 aromatic carbocycles. The molecule has 0 fully saturated rings. The third-order valence-corrected chi connectivity index (χ3v) is 5.09. The van der Waals surface area contributed by atoms with Gasteiger partial charge < -0.3 is 4.90 Å². The van der Waals surface area contributed by atoms with Crippen LogP contribution < -0.4 is 4.90 Å². The summed E-state index contributed by atoms with van der Waals surface area (Å²) < 4.78 is 81.4. The number of aromatic nitrogens is 7. The first-order valence-electron chi connectivity index (χ1n) is 9.87. The second kappa shape index (κ2) is 8.25. The summed E-state index contributed by atoms with van der Waals surface area (Å²) >= 11 is 0. The van der Waals surface area contributed by atoms with E-state index in [1.54, 1.807) is 30.9 Å². The van der Waals surface area contributed by atoms with Crippen molar-refractivity contribution in [3.8, 4) is 0 Å². The molecule has 4 aromatic rings. The van der Waals surface area contributed by atoms with Crippen molar-refractivity contribution in [1.82, 2.24) is 35.0 Å². The van der Waals surface area contributed by atoms with Crippen LogP contribution in [-0.2, 0) is 39.5 Å². The molecule has 3 aromatic heterocycles. The van der Waals surface area contributed by atoms with Gasteiger partial charge in [0.25, 0.3) is 5.95 Å². The number of hydrogen-bond donors (Lipinski definition) is 0.